The number of piperidine rings is 1. The molecule has 1 atom stereocenters. The van der Waals surface area contributed by atoms with Gasteiger partial charge in [-0.3, -0.25) is 4.79 Å². The maximum atomic E-state index is 13.3. The summed E-state index contributed by atoms with van der Waals surface area (Å²) in [6.07, 6.45) is 2.86. The fraction of sp³-hybridized carbons (Fsp3) is 0.360. The largest absolute Gasteiger partial charge is 0.497 e. The molecular formula is C25H29N3O6S2. The summed E-state index contributed by atoms with van der Waals surface area (Å²) in [5, 5.41) is 0. The molecule has 0 bridgehead atoms. The molecule has 9 nitrogen and oxygen atoms in total. The number of aromatic nitrogens is 1. The molecule has 192 valence electrons. The number of sulfonamides is 1. The van der Waals surface area contributed by atoms with Gasteiger partial charge in [0.1, 0.15) is 27.5 Å². The van der Waals surface area contributed by atoms with Crippen LogP contribution in [0.4, 0.5) is 0 Å². The van der Waals surface area contributed by atoms with Crippen molar-refractivity contribution in [3.8, 4) is 17.2 Å². The Balaban J connectivity index is 1.67. The summed E-state index contributed by atoms with van der Waals surface area (Å²) in [4.78, 5) is 18.4. The summed E-state index contributed by atoms with van der Waals surface area (Å²) < 4.78 is 46.6. The third-order valence-electron chi connectivity index (χ3n) is 6.14. The van der Waals surface area contributed by atoms with Crippen molar-refractivity contribution in [2.45, 2.75) is 24.3 Å². The lowest BCUT2D eigenvalue weighted by atomic mass is 9.99. The third-order valence-corrected chi connectivity index (χ3v) is 9.11. The first-order valence-corrected chi connectivity index (χ1v) is 13.7. The zero-order valence-corrected chi connectivity index (χ0v) is 22.1. The smallest absolute Gasteiger partial charge is 0.252 e. The molecule has 1 aromatic heterocycles. The fourth-order valence-corrected chi connectivity index (χ4v) is 6.96. The molecule has 1 fully saturated rings. The van der Waals surface area contributed by atoms with Gasteiger partial charge in [-0.15, -0.1) is 6.58 Å². The van der Waals surface area contributed by atoms with Crippen LogP contribution in [0.3, 0.4) is 0 Å². The van der Waals surface area contributed by atoms with Crippen molar-refractivity contribution in [3.63, 3.8) is 0 Å². The van der Waals surface area contributed by atoms with E-state index in [1.165, 1.54) is 34.9 Å². The molecule has 2 heterocycles. The number of thiazole rings is 1. The van der Waals surface area contributed by atoms with E-state index in [2.05, 4.69) is 11.6 Å². The second-order valence-corrected chi connectivity index (χ2v) is 11.2. The number of fused-ring (bicyclic) bond motifs is 1. The van der Waals surface area contributed by atoms with E-state index >= 15 is 0 Å². The molecule has 4 rings (SSSR count). The number of benzene rings is 2. The van der Waals surface area contributed by atoms with Gasteiger partial charge in [0, 0.05) is 19.6 Å². The fourth-order valence-electron chi connectivity index (χ4n) is 4.28. The molecule has 3 aromatic rings. The molecule has 0 N–H and O–H groups in total. The van der Waals surface area contributed by atoms with E-state index < -0.39 is 15.9 Å². The van der Waals surface area contributed by atoms with Gasteiger partial charge in [0.2, 0.25) is 10.0 Å². The Hall–Kier alpha value is -3.15. The molecule has 1 aliphatic heterocycles. The van der Waals surface area contributed by atoms with Gasteiger partial charge in [-0.25, -0.2) is 8.42 Å². The number of allylic oxidation sites excluding steroid dienone is 1. The van der Waals surface area contributed by atoms with E-state index in [1.54, 1.807) is 32.4 Å². The van der Waals surface area contributed by atoms with Crippen molar-refractivity contribution in [1.29, 1.82) is 0 Å². The Morgan fingerprint density at radius 2 is 1.81 bits per heavy atom. The number of carbonyl (C=O) groups excluding carboxylic acids is 1. The standard InChI is InChI=1S/C25H29N3O6S2/c1-5-14-28-22-20(33-3)12-13-21(34-4)23(22)35-25(28)26-24(29)17-7-6-15-27(16-17)36(30,31)19-10-8-18(32-2)9-11-19/h5,8-13,17H,1,6-7,14-16H2,2-4H3. The molecule has 2 aromatic carbocycles. The van der Waals surface area contributed by atoms with Crippen molar-refractivity contribution < 1.29 is 27.4 Å². The van der Waals surface area contributed by atoms with Crippen molar-refractivity contribution in [2.24, 2.45) is 10.9 Å². The Kier molecular flexibility index (Phi) is 7.82. The highest BCUT2D eigenvalue weighted by Gasteiger charge is 2.33. The summed E-state index contributed by atoms with van der Waals surface area (Å²) in [5.74, 6) is 0.956. The van der Waals surface area contributed by atoms with Crippen molar-refractivity contribution in [2.75, 3.05) is 34.4 Å². The van der Waals surface area contributed by atoms with Crippen LogP contribution in [0.1, 0.15) is 12.8 Å². The van der Waals surface area contributed by atoms with Crippen LogP contribution in [0, 0.1) is 5.92 Å². The van der Waals surface area contributed by atoms with Crippen LogP contribution in [0.25, 0.3) is 10.2 Å². The predicted molar refractivity (Wildman–Crippen MR) is 138 cm³/mol. The van der Waals surface area contributed by atoms with Crippen LogP contribution in [-0.2, 0) is 21.4 Å². The number of methoxy groups -OCH3 is 3. The molecule has 0 radical (unpaired) electrons. The normalized spacial score (nSPS) is 17.2. The van der Waals surface area contributed by atoms with Crippen LogP contribution >= 0.6 is 11.3 Å². The Morgan fingerprint density at radius 1 is 1.11 bits per heavy atom. The molecule has 1 amide bonds. The van der Waals surface area contributed by atoms with Crippen LogP contribution in [0.5, 0.6) is 17.2 Å². The number of nitrogens with zero attached hydrogens (tertiary/aromatic N) is 3. The van der Waals surface area contributed by atoms with Gasteiger partial charge >= 0.3 is 0 Å². The average molecular weight is 532 g/mol. The minimum Gasteiger partial charge on any atom is -0.497 e. The molecular weight excluding hydrogens is 502 g/mol. The third kappa shape index (κ3) is 4.91. The minimum atomic E-state index is -3.75. The molecule has 0 aliphatic carbocycles. The van der Waals surface area contributed by atoms with E-state index in [-0.39, 0.29) is 17.3 Å². The molecule has 1 saturated heterocycles. The first-order valence-electron chi connectivity index (χ1n) is 11.4. The van der Waals surface area contributed by atoms with Gasteiger partial charge in [-0.05, 0) is 49.2 Å². The van der Waals surface area contributed by atoms with Crippen molar-refractivity contribution in [3.05, 3.63) is 53.9 Å². The van der Waals surface area contributed by atoms with Crippen LogP contribution in [-0.4, -0.2) is 57.6 Å². The summed E-state index contributed by atoms with van der Waals surface area (Å²) in [6, 6.07) is 9.86. The topological polar surface area (TPSA) is 99.4 Å². The van der Waals surface area contributed by atoms with E-state index in [0.717, 1.165) is 10.2 Å². The second kappa shape index (κ2) is 10.9. The Labute approximate surface area is 214 Å². The number of ether oxygens (including phenoxy) is 3. The van der Waals surface area contributed by atoms with Crippen molar-refractivity contribution in [1.82, 2.24) is 8.87 Å². The van der Waals surface area contributed by atoms with Gasteiger partial charge in [0.25, 0.3) is 5.91 Å². The van der Waals surface area contributed by atoms with Gasteiger partial charge < -0.3 is 18.8 Å². The van der Waals surface area contributed by atoms with Crippen LogP contribution in [0.2, 0.25) is 0 Å². The zero-order chi connectivity index (χ0) is 25.9. The van der Waals surface area contributed by atoms with E-state index in [1.807, 2.05) is 16.7 Å². The number of carbonyl (C=O) groups is 1. The van der Waals surface area contributed by atoms with Gasteiger partial charge in [0.05, 0.1) is 32.1 Å². The van der Waals surface area contributed by atoms with Crippen molar-refractivity contribution >= 4 is 37.5 Å². The van der Waals surface area contributed by atoms with E-state index in [4.69, 9.17) is 14.2 Å². The first-order chi connectivity index (χ1) is 17.3. The lowest BCUT2D eigenvalue weighted by Crippen LogP contribution is -2.42. The van der Waals surface area contributed by atoms with E-state index in [0.29, 0.717) is 48.0 Å². The zero-order valence-electron chi connectivity index (χ0n) is 20.5. The number of hydrogen-bond donors (Lipinski definition) is 0. The van der Waals surface area contributed by atoms with Gasteiger partial charge in [0.15, 0.2) is 4.80 Å². The molecule has 1 aliphatic rings. The molecule has 11 heteroatoms. The highest BCUT2D eigenvalue weighted by Crippen LogP contribution is 2.35. The number of amides is 1. The highest BCUT2D eigenvalue weighted by atomic mass is 32.2. The van der Waals surface area contributed by atoms with Gasteiger partial charge in [-0.2, -0.15) is 9.30 Å². The average Bonchev–Trinajstić information content (AvgIpc) is 3.26. The summed E-state index contributed by atoms with van der Waals surface area (Å²) in [7, 11) is 0.943. The Bertz CT molecular complexity index is 1440. The summed E-state index contributed by atoms with van der Waals surface area (Å²) in [5.41, 5.74) is 0.764. The lowest BCUT2D eigenvalue weighted by Gasteiger charge is -2.30. The second-order valence-electron chi connectivity index (χ2n) is 8.26. The monoisotopic (exact) mass is 531 g/mol. The number of hydrogen-bond acceptors (Lipinski definition) is 7. The van der Waals surface area contributed by atoms with E-state index in [9.17, 15) is 13.2 Å². The molecule has 0 saturated carbocycles. The van der Waals surface area contributed by atoms with Crippen LogP contribution in [0.15, 0.2) is 58.9 Å². The highest BCUT2D eigenvalue weighted by molar-refractivity contribution is 7.89. The Morgan fingerprint density at radius 3 is 2.44 bits per heavy atom. The quantitative estimate of drug-likeness (QED) is 0.413. The summed E-state index contributed by atoms with van der Waals surface area (Å²) >= 11 is 1.32. The lowest BCUT2D eigenvalue weighted by molar-refractivity contribution is -0.122. The van der Waals surface area contributed by atoms with Crippen LogP contribution < -0.4 is 19.0 Å². The first kappa shape index (κ1) is 25.9. The summed E-state index contributed by atoms with van der Waals surface area (Å²) in [6.45, 7) is 4.68. The SMILES string of the molecule is C=CCn1c(=NC(=O)C2CCCN(S(=O)(=O)c3ccc(OC)cc3)C2)sc2c(OC)ccc(OC)c21. The molecule has 1 unspecified atom stereocenters. The molecule has 36 heavy (non-hydrogen) atoms. The predicted octanol–water partition coefficient (Wildman–Crippen LogP) is 3.44. The number of rotatable bonds is 8. The maximum absolute atomic E-state index is 13.3. The molecule has 0 spiro atoms. The van der Waals surface area contributed by atoms with Gasteiger partial charge in [-0.1, -0.05) is 17.4 Å². The minimum absolute atomic E-state index is 0.0791. The maximum Gasteiger partial charge on any atom is 0.252 e.